The molecule has 1 aromatic heterocycles. The molecule has 0 bridgehead atoms. The summed E-state index contributed by atoms with van der Waals surface area (Å²) in [5, 5.41) is 9.27. The molecule has 1 atom stereocenters. The van der Waals surface area contributed by atoms with Gasteiger partial charge in [0.05, 0.1) is 0 Å². The molecule has 1 aromatic rings. The number of hydrogen-bond donors (Lipinski definition) is 2. The highest BCUT2D eigenvalue weighted by Crippen LogP contribution is 2.33. The molecule has 0 saturated carbocycles. The molecule has 1 saturated heterocycles. The first-order valence-corrected chi connectivity index (χ1v) is 7.95. The lowest BCUT2D eigenvalue weighted by Gasteiger charge is -2.33. The quantitative estimate of drug-likeness (QED) is 0.871. The monoisotopic (exact) mass is 316 g/mol. The second-order valence-electron chi connectivity index (χ2n) is 5.24. The normalized spacial score (nSPS) is 24.7. The van der Waals surface area contributed by atoms with Crippen LogP contribution in [0.15, 0.2) is 15.9 Å². The molecular formula is C13H21BrN2S. The highest BCUT2D eigenvalue weighted by Gasteiger charge is 2.36. The van der Waals surface area contributed by atoms with Crippen molar-refractivity contribution in [2.45, 2.75) is 26.8 Å². The van der Waals surface area contributed by atoms with Gasteiger partial charge in [-0.05, 0) is 51.7 Å². The van der Waals surface area contributed by atoms with Gasteiger partial charge in [0.25, 0.3) is 0 Å². The molecule has 1 aliphatic heterocycles. The molecule has 4 heteroatoms. The molecule has 2 N–H and O–H groups in total. The molecule has 1 fully saturated rings. The molecule has 0 aliphatic carbocycles. The van der Waals surface area contributed by atoms with E-state index in [1.54, 1.807) is 0 Å². The largest absolute Gasteiger partial charge is 0.316 e. The van der Waals surface area contributed by atoms with Crippen LogP contribution in [0.2, 0.25) is 0 Å². The first-order valence-electron chi connectivity index (χ1n) is 6.27. The van der Waals surface area contributed by atoms with E-state index in [1.165, 1.54) is 22.3 Å². The second-order valence-corrected chi connectivity index (χ2v) is 7.09. The van der Waals surface area contributed by atoms with Crippen molar-refractivity contribution >= 4 is 27.3 Å². The maximum Gasteiger partial charge on any atom is 0.0327 e. The lowest BCUT2D eigenvalue weighted by atomic mass is 9.76. The van der Waals surface area contributed by atoms with E-state index in [4.69, 9.17) is 0 Å². The smallest absolute Gasteiger partial charge is 0.0327 e. The fraction of sp³-hybridized carbons (Fsp3) is 0.692. The number of hydrogen-bond acceptors (Lipinski definition) is 3. The Balaban J connectivity index is 1.86. The van der Waals surface area contributed by atoms with Gasteiger partial charge in [-0.25, -0.2) is 0 Å². The minimum absolute atomic E-state index is 0.448. The Labute approximate surface area is 116 Å². The number of nitrogens with one attached hydrogen (secondary N) is 2. The minimum atomic E-state index is 0.448. The summed E-state index contributed by atoms with van der Waals surface area (Å²) in [5.74, 6) is 0.733. The van der Waals surface area contributed by atoms with Gasteiger partial charge < -0.3 is 10.6 Å². The van der Waals surface area contributed by atoms with Crippen LogP contribution in [-0.2, 0) is 6.54 Å². The molecule has 17 heavy (non-hydrogen) atoms. The van der Waals surface area contributed by atoms with E-state index in [-0.39, 0.29) is 0 Å². The van der Waals surface area contributed by atoms with Crippen LogP contribution in [0.3, 0.4) is 0 Å². The fourth-order valence-corrected chi connectivity index (χ4v) is 3.95. The van der Waals surface area contributed by atoms with Crippen LogP contribution in [0, 0.1) is 11.3 Å². The van der Waals surface area contributed by atoms with E-state index in [2.05, 4.69) is 51.9 Å². The van der Waals surface area contributed by atoms with Gasteiger partial charge in [0.2, 0.25) is 0 Å². The highest BCUT2D eigenvalue weighted by atomic mass is 79.9. The van der Waals surface area contributed by atoms with Crippen LogP contribution in [0.4, 0.5) is 0 Å². The van der Waals surface area contributed by atoms with Crippen molar-refractivity contribution in [3.63, 3.8) is 0 Å². The molecule has 2 heterocycles. The third-order valence-electron chi connectivity index (χ3n) is 3.96. The van der Waals surface area contributed by atoms with Crippen LogP contribution < -0.4 is 10.6 Å². The molecular weight excluding hydrogens is 296 g/mol. The molecule has 1 unspecified atom stereocenters. The van der Waals surface area contributed by atoms with Gasteiger partial charge in [-0.2, -0.15) is 0 Å². The van der Waals surface area contributed by atoms with Crippen LogP contribution >= 0.6 is 27.3 Å². The first-order chi connectivity index (χ1) is 8.14. The summed E-state index contributed by atoms with van der Waals surface area (Å²) in [7, 11) is 0. The Morgan fingerprint density at radius 1 is 1.59 bits per heavy atom. The zero-order chi connectivity index (χ0) is 12.3. The van der Waals surface area contributed by atoms with Gasteiger partial charge in [0.1, 0.15) is 0 Å². The molecule has 0 spiro atoms. The highest BCUT2D eigenvalue weighted by molar-refractivity contribution is 9.10. The lowest BCUT2D eigenvalue weighted by Crippen LogP contribution is -2.40. The summed E-state index contributed by atoms with van der Waals surface area (Å²) in [6.45, 7) is 9.10. The van der Waals surface area contributed by atoms with E-state index in [9.17, 15) is 0 Å². The van der Waals surface area contributed by atoms with E-state index >= 15 is 0 Å². The van der Waals surface area contributed by atoms with Crippen molar-refractivity contribution < 1.29 is 0 Å². The summed E-state index contributed by atoms with van der Waals surface area (Å²) in [5.41, 5.74) is 0.448. The number of thiophene rings is 1. The van der Waals surface area contributed by atoms with E-state index in [1.807, 2.05) is 11.3 Å². The molecule has 0 aromatic carbocycles. The topological polar surface area (TPSA) is 24.1 Å². The first kappa shape index (κ1) is 13.5. The molecule has 1 aliphatic rings. The molecule has 96 valence electrons. The number of rotatable bonds is 5. The predicted molar refractivity (Wildman–Crippen MR) is 78.5 cm³/mol. The third-order valence-corrected chi connectivity index (χ3v) is 5.88. The summed E-state index contributed by atoms with van der Waals surface area (Å²) >= 11 is 5.39. The summed E-state index contributed by atoms with van der Waals surface area (Å²) in [6.07, 6.45) is 1.29. The van der Waals surface area contributed by atoms with Crippen LogP contribution in [0.1, 0.15) is 25.1 Å². The standard InChI is InChI=1S/C13H21BrN2S/c1-10(2)13(4-5-15-8-13)9-16-7-12-11(14)3-6-17-12/h3,6,10,15-16H,4-5,7-9H2,1-2H3. The number of halogens is 1. The van der Waals surface area contributed by atoms with Crippen LogP contribution in [0.25, 0.3) is 0 Å². The van der Waals surface area contributed by atoms with Crippen molar-refractivity contribution in [2.75, 3.05) is 19.6 Å². The molecule has 0 radical (unpaired) electrons. The van der Waals surface area contributed by atoms with Crippen LogP contribution in [-0.4, -0.2) is 19.6 Å². The van der Waals surface area contributed by atoms with Crippen molar-refractivity contribution in [3.05, 3.63) is 20.8 Å². The zero-order valence-corrected chi connectivity index (χ0v) is 13.0. The van der Waals surface area contributed by atoms with Crippen molar-refractivity contribution in [2.24, 2.45) is 11.3 Å². The Morgan fingerprint density at radius 2 is 2.41 bits per heavy atom. The maximum atomic E-state index is 3.63. The lowest BCUT2D eigenvalue weighted by molar-refractivity contribution is 0.208. The van der Waals surface area contributed by atoms with Gasteiger partial charge in [-0.15, -0.1) is 11.3 Å². The van der Waals surface area contributed by atoms with E-state index < -0.39 is 0 Å². The summed E-state index contributed by atoms with van der Waals surface area (Å²) < 4.78 is 1.23. The van der Waals surface area contributed by atoms with Gasteiger partial charge in [-0.1, -0.05) is 13.8 Å². The average Bonchev–Trinajstić information content (AvgIpc) is 2.90. The Bertz CT molecular complexity index is 356. The minimum Gasteiger partial charge on any atom is -0.316 e. The van der Waals surface area contributed by atoms with Gasteiger partial charge >= 0.3 is 0 Å². The predicted octanol–water partition coefficient (Wildman–Crippen LogP) is 3.24. The SMILES string of the molecule is CC(C)C1(CNCc2sccc2Br)CCNC1. The molecule has 2 nitrogen and oxygen atoms in total. The molecule has 2 rings (SSSR count). The van der Waals surface area contributed by atoms with Crippen molar-refractivity contribution in [1.29, 1.82) is 0 Å². The molecule has 0 amide bonds. The zero-order valence-electron chi connectivity index (χ0n) is 10.6. The van der Waals surface area contributed by atoms with E-state index in [0.29, 0.717) is 5.41 Å². The van der Waals surface area contributed by atoms with Gasteiger partial charge in [-0.3, -0.25) is 0 Å². The van der Waals surface area contributed by atoms with Gasteiger partial charge in [0, 0.05) is 29.0 Å². The Morgan fingerprint density at radius 3 is 2.94 bits per heavy atom. The van der Waals surface area contributed by atoms with Gasteiger partial charge in [0.15, 0.2) is 0 Å². The summed E-state index contributed by atoms with van der Waals surface area (Å²) in [6, 6.07) is 2.12. The fourth-order valence-electron chi connectivity index (χ4n) is 2.49. The third kappa shape index (κ3) is 3.11. The maximum absolute atomic E-state index is 3.63. The van der Waals surface area contributed by atoms with E-state index in [0.717, 1.165) is 25.6 Å². The van der Waals surface area contributed by atoms with Crippen molar-refractivity contribution in [1.82, 2.24) is 10.6 Å². The Hall–Kier alpha value is 0.1000. The van der Waals surface area contributed by atoms with Crippen molar-refractivity contribution in [3.8, 4) is 0 Å². The van der Waals surface area contributed by atoms with Crippen LogP contribution in [0.5, 0.6) is 0 Å². The second kappa shape index (κ2) is 5.83. The Kier molecular flexibility index (Phi) is 4.64. The average molecular weight is 317 g/mol. The summed E-state index contributed by atoms with van der Waals surface area (Å²) in [4.78, 5) is 1.40.